The van der Waals surface area contributed by atoms with Gasteiger partial charge in [-0.05, 0) is 0 Å². The summed E-state index contributed by atoms with van der Waals surface area (Å²) in [5.74, 6) is -0.962. The number of H-pyrrole nitrogens is 1. The van der Waals surface area contributed by atoms with E-state index in [1.165, 1.54) is 4.90 Å². The van der Waals surface area contributed by atoms with Crippen LogP contribution in [0.1, 0.15) is 10.4 Å². The van der Waals surface area contributed by atoms with Crippen molar-refractivity contribution in [2.24, 2.45) is 7.05 Å². The Hall–Kier alpha value is -2.14. The quantitative estimate of drug-likeness (QED) is 0.624. The Morgan fingerprint density at radius 2 is 1.96 bits per heavy atom. The molecule has 8 nitrogen and oxygen atoms in total. The molecule has 134 valence electrons. The Balaban J connectivity index is 2.11. The average Bonchev–Trinajstić information content (AvgIpc) is 2.52. The van der Waals surface area contributed by atoms with Crippen LogP contribution < -0.4 is 21.9 Å². The first-order valence-electron chi connectivity index (χ1n) is 7.30. The molecule has 1 aliphatic rings. The minimum absolute atomic E-state index is 0.209. The summed E-state index contributed by atoms with van der Waals surface area (Å²) in [4.78, 5) is 38.5. The summed E-state index contributed by atoms with van der Waals surface area (Å²) in [5, 5.41) is 5.09. The number of nitrogens with one attached hydrogen (secondary N) is 3. The number of alkyl halides is 3. The Labute approximate surface area is 134 Å². The maximum absolute atomic E-state index is 13.2. The lowest BCUT2D eigenvalue weighted by molar-refractivity contribution is -0.183. The molecule has 1 fully saturated rings. The van der Waals surface area contributed by atoms with Crippen LogP contribution in [0.25, 0.3) is 0 Å². The van der Waals surface area contributed by atoms with Crippen LogP contribution >= 0.6 is 0 Å². The number of carbonyl (C=O) groups excluding carboxylic acids is 1. The second kappa shape index (κ2) is 7.18. The highest BCUT2D eigenvalue weighted by molar-refractivity contribution is 5.93. The molecule has 1 amide bonds. The standard InChI is InChI=1S/C13H18F3N5O3/c1-20-11(23)8(6-19-12(20)24)10(22)18-7-9(13(14,15)16)21-4-2-17-3-5-21/h6,9,17H,2-5,7H2,1H3,(H,18,22)(H,19,24). The highest BCUT2D eigenvalue weighted by Crippen LogP contribution is 2.24. The third-order valence-corrected chi connectivity index (χ3v) is 3.85. The SMILES string of the molecule is Cn1c(=O)[nH]cc(C(=O)NCC(N2CCNCC2)C(F)(F)F)c1=O. The van der Waals surface area contributed by atoms with Gasteiger partial charge in [0.15, 0.2) is 0 Å². The van der Waals surface area contributed by atoms with Gasteiger partial charge < -0.3 is 15.6 Å². The zero-order valence-corrected chi connectivity index (χ0v) is 12.9. The summed E-state index contributed by atoms with van der Waals surface area (Å²) >= 11 is 0. The molecule has 24 heavy (non-hydrogen) atoms. The van der Waals surface area contributed by atoms with Crippen molar-refractivity contribution >= 4 is 5.91 Å². The molecule has 1 unspecified atom stereocenters. The average molecular weight is 349 g/mol. The van der Waals surface area contributed by atoms with Gasteiger partial charge in [0.1, 0.15) is 11.6 Å². The largest absolute Gasteiger partial charge is 0.405 e. The van der Waals surface area contributed by atoms with Crippen LogP contribution in [0.15, 0.2) is 15.8 Å². The fraction of sp³-hybridized carbons (Fsp3) is 0.615. The number of aromatic amines is 1. The lowest BCUT2D eigenvalue weighted by Crippen LogP contribution is -2.57. The van der Waals surface area contributed by atoms with E-state index in [0.717, 1.165) is 13.2 Å². The van der Waals surface area contributed by atoms with Gasteiger partial charge in [0.2, 0.25) is 0 Å². The van der Waals surface area contributed by atoms with Gasteiger partial charge in [-0.25, -0.2) is 4.79 Å². The normalized spacial score (nSPS) is 17.5. The molecule has 3 N–H and O–H groups in total. The van der Waals surface area contributed by atoms with Crippen LogP contribution in [-0.2, 0) is 7.05 Å². The molecule has 1 aromatic rings. The molecule has 2 rings (SSSR count). The van der Waals surface area contributed by atoms with Crippen molar-refractivity contribution in [3.05, 3.63) is 32.6 Å². The summed E-state index contributed by atoms with van der Waals surface area (Å²) in [6.07, 6.45) is -3.62. The van der Waals surface area contributed by atoms with Gasteiger partial charge in [0.05, 0.1) is 0 Å². The highest BCUT2D eigenvalue weighted by Gasteiger charge is 2.43. The molecule has 1 aromatic heterocycles. The summed E-state index contributed by atoms with van der Waals surface area (Å²) in [5.41, 5.74) is -2.01. The van der Waals surface area contributed by atoms with E-state index in [-0.39, 0.29) is 13.1 Å². The summed E-state index contributed by atoms with van der Waals surface area (Å²) in [6.45, 7) is 0.605. The van der Waals surface area contributed by atoms with Gasteiger partial charge in [-0.2, -0.15) is 13.2 Å². The molecule has 1 saturated heterocycles. The topological polar surface area (TPSA) is 99.2 Å². The molecular weight excluding hydrogens is 331 g/mol. The number of hydrogen-bond donors (Lipinski definition) is 3. The summed E-state index contributed by atoms with van der Waals surface area (Å²) in [7, 11) is 1.16. The van der Waals surface area contributed by atoms with Crippen LogP contribution in [-0.4, -0.2) is 65.3 Å². The number of rotatable bonds is 4. The van der Waals surface area contributed by atoms with Crippen LogP contribution in [0.4, 0.5) is 13.2 Å². The van der Waals surface area contributed by atoms with Crippen LogP contribution in [0.2, 0.25) is 0 Å². The molecule has 1 atom stereocenters. The third kappa shape index (κ3) is 4.03. The first kappa shape index (κ1) is 18.2. The lowest BCUT2D eigenvalue weighted by atomic mass is 10.2. The minimum atomic E-state index is -4.51. The summed E-state index contributed by atoms with van der Waals surface area (Å²) < 4.78 is 40.4. The Morgan fingerprint density at radius 1 is 1.33 bits per heavy atom. The van der Waals surface area contributed by atoms with E-state index in [1.807, 2.05) is 0 Å². The Kier molecular flexibility index (Phi) is 5.44. The van der Waals surface area contributed by atoms with Crippen molar-refractivity contribution < 1.29 is 18.0 Å². The van der Waals surface area contributed by atoms with Gasteiger partial charge in [-0.3, -0.25) is 19.1 Å². The number of aromatic nitrogens is 2. The van der Waals surface area contributed by atoms with E-state index in [2.05, 4.69) is 15.6 Å². The number of amides is 1. The van der Waals surface area contributed by atoms with E-state index < -0.39 is 41.5 Å². The zero-order valence-electron chi connectivity index (χ0n) is 12.9. The number of hydrogen-bond acceptors (Lipinski definition) is 5. The van der Waals surface area contributed by atoms with Crippen molar-refractivity contribution in [1.82, 2.24) is 25.1 Å². The predicted octanol–water partition coefficient (Wildman–Crippen LogP) is -1.36. The fourth-order valence-corrected chi connectivity index (χ4v) is 2.46. The molecule has 11 heteroatoms. The molecule has 2 heterocycles. The van der Waals surface area contributed by atoms with Crippen LogP contribution in [0.5, 0.6) is 0 Å². The molecule has 0 aliphatic carbocycles. The van der Waals surface area contributed by atoms with Gasteiger partial charge in [0, 0.05) is 46.0 Å². The number of halogens is 3. The molecule has 0 spiro atoms. The lowest BCUT2D eigenvalue weighted by Gasteiger charge is -2.35. The monoisotopic (exact) mass is 349 g/mol. The van der Waals surface area contributed by atoms with E-state index in [0.29, 0.717) is 17.7 Å². The molecule has 0 bridgehead atoms. The molecule has 0 radical (unpaired) electrons. The van der Waals surface area contributed by atoms with E-state index in [9.17, 15) is 27.6 Å². The first-order valence-corrected chi connectivity index (χ1v) is 7.30. The number of carbonyl (C=O) groups is 1. The Morgan fingerprint density at radius 3 is 2.54 bits per heavy atom. The predicted molar refractivity (Wildman–Crippen MR) is 78.9 cm³/mol. The molecule has 1 aliphatic heterocycles. The van der Waals surface area contributed by atoms with Crippen molar-refractivity contribution in [3.63, 3.8) is 0 Å². The fourth-order valence-electron chi connectivity index (χ4n) is 2.46. The number of piperazine rings is 1. The third-order valence-electron chi connectivity index (χ3n) is 3.85. The number of nitrogens with zero attached hydrogens (tertiary/aromatic N) is 2. The van der Waals surface area contributed by atoms with Gasteiger partial charge >= 0.3 is 11.9 Å². The van der Waals surface area contributed by atoms with Gasteiger partial charge in [0.25, 0.3) is 11.5 Å². The second-order valence-electron chi connectivity index (χ2n) is 5.43. The van der Waals surface area contributed by atoms with Crippen molar-refractivity contribution in [1.29, 1.82) is 0 Å². The minimum Gasteiger partial charge on any atom is -0.350 e. The van der Waals surface area contributed by atoms with E-state index in [4.69, 9.17) is 0 Å². The maximum atomic E-state index is 13.2. The highest BCUT2D eigenvalue weighted by atomic mass is 19.4. The van der Waals surface area contributed by atoms with E-state index in [1.54, 1.807) is 0 Å². The zero-order chi connectivity index (χ0) is 17.9. The van der Waals surface area contributed by atoms with Crippen molar-refractivity contribution in [2.75, 3.05) is 32.7 Å². The molecular formula is C13H18F3N5O3. The first-order chi connectivity index (χ1) is 11.2. The van der Waals surface area contributed by atoms with Crippen LogP contribution in [0, 0.1) is 0 Å². The molecule has 0 aromatic carbocycles. The Bertz CT molecular complexity index is 706. The second-order valence-corrected chi connectivity index (χ2v) is 5.43. The smallest absolute Gasteiger partial charge is 0.350 e. The summed E-state index contributed by atoms with van der Waals surface area (Å²) in [6, 6.07) is -1.84. The maximum Gasteiger partial charge on any atom is 0.405 e. The van der Waals surface area contributed by atoms with Crippen molar-refractivity contribution in [3.8, 4) is 0 Å². The van der Waals surface area contributed by atoms with Gasteiger partial charge in [-0.1, -0.05) is 0 Å². The van der Waals surface area contributed by atoms with Crippen molar-refractivity contribution in [2.45, 2.75) is 12.2 Å². The molecule has 0 saturated carbocycles. The van der Waals surface area contributed by atoms with Crippen LogP contribution in [0.3, 0.4) is 0 Å². The van der Waals surface area contributed by atoms with Gasteiger partial charge in [-0.15, -0.1) is 0 Å². The van der Waals surface area contributed by atoms with E-state index >= 15 is 0 Å².